The first-order chi connectivity index (χ1) is 16.5. The standard InChI is InChI=1S/C26H26F2N4O2/c1-17-15-31(16-29-17)24-6-5-18(11-25(24)33-2)10-19-4-3-8-32-23(7-9-34-30-26(19)32)20-12-21(27)14-22(28)13-20/h5-6,10-16,23H,3-4,7-9H2,1-2H3/t23-/m1/s1. The van der Waals surface area contributed by atoms with Crippen molar-refractivity contribution in [1.82, 2.24) is 14.5 Å². The van der Waals surface area contributed by atoms with Crippen LogP contribution in [0.4, 0.5) is 8.78 Å². The van der Waals surface area contributed by atoms with Gasteiger partial charge in [-0.05, 0) is 66.8 Å². The van der Waals surface area contributed by atoms with Gasteiger partial charge in [-0.15, -0.1) is 0 Å². The number of hydrogen-bond donors (Lipinski definition) is 0. The molecule has 1 fully saturated rings. The van der Waals surface area contributed by atoms with Gasteiger partial charge in [0.1, 0.15) is 24.0 Å². The monoisotopic (exact) mass is 464 g/mol. The predicted octanol–water partition coefficient (Wildman–Crippen LogP) is 5.42. The largest absolute Gasteiger partial charge is 0.495 e. The lowest BCUT2D eigenvalue weighted by atomic mass is 9.95. The molecule has 1 saturated heterocycles. The molecular weight excluding hydrogens is 438 g/mol. The molecule has 3 aromatic rings. The van der Waals surface area contributed by atoms with Crippen molar-refractivity contribution in [3.8, 4) is 11.4 Å². The number of methoxy groups -OCH3 is 1. The Hall–Kier alpha value is -3.68. The summed E-state index contributed by atoms with van der Waals surface area (Å²) in [5.74, 6) is 0.289. The Labute approximate surface area is 197 Å². The van der Waals surface area contributed by atoms with Crippen LogP contribution in [0, 0.1) is 18.6 Å². The first kappa shape index (κ1) is 22.1. The van der Waals surface area contributed by atoms with Gasteiger partial charge in [0.05, 0.1) is 30.9 Å². The summed E-state index contributed by atoms with van der Waals surface area (Å²) in [4.78, 5) is 12.0. The number of amidine groups is 1. The molecule has 2 aliphatic heterocycles. The molecule has 1 atom stereocenters. The summed E-state index contributed by atoms with van der Waals surface area (Å²) in [6.45, 7) is 3.06. The molecule has 1 aromatic heterocycles. The quantitative estimate of drug-likeness (QED) is 0.517. The maximum atomic E-state index is 14.0. The fourth-order valence-corrected chi connectivity index (χ4v) is 4.69. The van der Waals surface area contributed by atoms with E-state index < -0.39 is 11.6 Å². The highest BCUT2D eigenvalue weighted by molar-refractivity contribution is 6.02. The Bertz CT molecular complexity index is 1250. The molecule has 3 heterocycles. The van der Waals surface area contributed by atoms with Gasteiger partial charge in [-0.1, -0.05) is 11.2 Å². The van der Waals surface area contributed by atoms with Crippen LogP contribution in [0.25, 0.3) is 11.8 Å². The molecule has 0 bridgehead atoms. The Balaban J connectivity index is 1.48. The van der Waals surface area contributed by atoms with E-state index in [9.17, 15) is 8.78 Å². The van der Waals surface area contributed by atoms with Gasteiger partial charge in [-0.2, -0.15) is 0 Å². The van der Waals surface area contributed by atoms with Crippen molar-refractivity contribution >= 4 is 11.9 Å². The number of halogens is 2. The first-order valence-corrected chi connectivity index (χ1v) is 11.3. The molecule has 176 valence electrons. The summed E-state index contributed by atoms with van der Waals surface area (Å²) in [6.07, 6.45) is 8.11. The number of nitrogens with zero attached hydrogens (tertiary/aromatic N) is 4. The van der Waals surface area contributed by atoms with Crippen molar-refractivity contribution in [2.75, 3.05) is 20.3 Å². The molecule has 0 amide bonds. The number of aromatic nitrogens is 2. The number of ether oxygens (including phenoxy) is 1. The molecule has 0 radical (unpaired) electrons. The van der Waals surface area contributed by atoms with Crippen LogP contribution in [0.1, 0.15) is 42.1 Å². The van der Waals surface area contributed by atoms with Crippen molar-refractivity contribution in [2.45, 2.75) is 32.2 Å². The number of oxime groups is 1. The molecule has 2 aromatic carbocycles. The second-order valence-corrected chi connectivity index (χ2v) is 8.58. The van der Waals surface area contributed by atoms with Crippen molar-refractivity contribution in [3.63, 3.8) is 0 Å². The molecule has 0 unspecified atom stereocenters. The minimum atomic E-state index is -0.577. The van der Waals surface area contributed by atoms with E-state index in [-0.39, 0.29) is 6.04 Å². The fourth-order valence-electron chi connectivity index (χ4n) is 4.69. The third-order valence-electron chi connectivity index (χ3n) is 6.22. The van der Waals surface area contributed by atoms with E-state index in [0.717, 1.165) is 53.7 Å². The van der Waals surface area contributed by atoms with Gasteiger partial charge in [-0.25, -0.2) is 13.8 Å². The van der Waals surface area contributed by atoms with Crippen molar-refractivity contribution < 1.29 is 18.4 Å². The van der Waals surface area contributed by atoms with E-state index in [1.54, 1.807) is 13.4 Å². The fraction of sp³-hybridized carbons (Fsp3) is 0.308. The zero-order valence-electron chi connectivity index (χ0n) is 19.2. The van der Waals surface area contributed by atoms with E-state index in [2.05, 4.69) is 21.1 Å². The third kappa shape index (κ3) is 4.40. The summed E-state index contributed by atoms with van der Waals surface area (Å²) >= 11 is 0. The number of imidazole rings is 1. The average molecular weight is 465 g/mol. The van der Waals surface area contributed by atoms with Gasteiger partial charge in [0, 0.05) is 25.2 Å². The van der Waals surface area contributed by atoms with Crippen LogP contribution >= 0.6 is 0 Å². The Morgan fingerprint density at radius 3 is 2.71 bits per heavy atom. The second-order valence-electron chi connectivity index (χ2n) is 8.58. The minimum absolute atomic E-state index is 0.212. The van der Waals surface area contributed by atoms with Crippen LogP contribution in [0.2, 0.25) is 0 Å². The number of fused-ring (bicyclic) bond motifs is 1. The van der Waals surface area contributed by atoms with Gasteiger partial charge in [0.2, 0.25) is 0 Å². The average Bonchev–Trinajstić information content (AvgIpc) is 3.12. The number of piperidine rings is 1. The highest BCUT2D eigenvalue weighted by atomic mass is 19.1. The molecule has 2 aliphatic rings. The van der Waals surface area contributed by atoms with Crippen LogP contribution in [0.15, 0.2) is 59.7 Å². The molecule has 0 saturated carbocycles. The lowest BCUT2D eigenvalue weighted by molar-refractivity contribution is 0.140. The number of rotatable bonds is 4. The molecule has 8 heteroatoms. The molecule has 0 N–H and O–H groups in total. The van der Waals surface area contributed by atoms with Gasteiger partial charge in [0.25, 0.3) is 0 Å². The topological polar surface area (TPSA) is 51.9 Å². The molecule has 6 nitrogen and oxygen atoms in total. The van der Waals surface area contributed by atoms with E-state index >= 15 is 0 Å². The summed E-state index contributed by atoms with van der Waals surface area (Å²) in [7, 11) is 1.65. The third-order valence-corrected chi connectivity index (χ3v) is 6.22. The maximum absolute atomic E-state index is 14.0. The highest BCUT2D eigenvalue weighted by Gasteiger charge is 2.32. The Kier molecular flexibility index (Phi) is 6.04. The van der Waals surface area contributed by atoms with Gasteiger partial charge >= 0.3 is 0 Å². The summed E-state index contributed by atoms with van der Waals surface area (Å²) < 4.78 is 35.5. The van der Waals surface area contributed by atoms with Crippen molar-refractivity contribution in [2.24, 2.45) is 5.16 Å². The van der Waals surface area contributed by atoms with Crippen LogP contribution in [0.5, 0.6) is 5.75 Å². The maximum Gasteiger partial charge on any atom is 0.171 e. The Morgan fingerprint density at radius 2 is 1.97 bits per heavy atom. The van der Waals surface area contributed by atoms with Crippen LogP contribution in [-0.4, -0.2) is 40.5 Å². The van der Waals surface area contributed by atoms with Crippen LogP contribution < -0.4 is 4.74 Å². The van der Waals surface area contributed by atoms with Gasteiger partial charge < -0.3 is 19.0 Å². The SMILES string of the molecule is COc1cc(C=C2CCCN3C2=NOCC[C@@H]3c2cc(F)cc(F)c2)ccc1-n1cnc(C)c1. The summed E-state index contributed by atoms with van der Waals surface area (Å²) in [5.41, 5.74) is 4.41. The normalized spacial score (nSPS) is 19.3. The number of aryl methyl sites for hydroxylation is 1. The lowest BCUT2D eigenvalue weighted by Crippen LogP contribution is -2.39. The van der Waals surface area contributed by atoms with Crippen molar-refractivity contribution in [1.29, 1.82) is 0 Å². The van der Waals surface area contributed by atoms with Gasteiger partial charge in [-0.3, -0.25) is 0 Å². The minimum Gasteiger partial charge on any atom is -0.495 e. The summed E-state index contributed by atoms with van der Waals surface area (Å²) in [5, 5.41) is 4.40. The predicted molar refractivity (Wildman–Crippen MR) is 126 cm³/mol. The molecule has 0 spiro atoms. The van der Waals surface area contributed by atoms with E-state index in [1.165, 1.54) is 12.1 Å². The zero-order chi connectivity index (χ0) is 23.7. The number of hydrogen-bond acceptors (Lipinski definition) is 5. The van der Waals surface area contributed by atoms with Crippen molar-refractivity contribution in [3.05, 3.63) is 83.0 Å². The summed E-state index contributed by atoms with van der Waals surface area (Å²) in [6, 6.07) is 9.49. The van der Waals surface area contributed by atoms with E-state index in [1.807, 2.05) is 35.9 Å². The lowest BCUT2D eigenvalue weighted by Gasteiger charge is -2.36. The smallest absolute Gasteiger partial charge is 0.171 e. The van der Waals surface area contributed by atoms with Crippen LogP contribution in [-0.2, 0) is 4.84 Å². The molecular formula is C26H26F2N4O2. The number of benzene rings is 2. The zero-order valence-corrected chi connectivity index (χ0v) is 19.2. The van der Waals surface area contributed by atoms with E-state index in [0.29, 0.717) is 24.4 Å². The molecule has 0 aliphatic carbocycles. The molecule has 5 rings (SSSR count). The molecule has 34 heavy (non-hydrogen) atoms. The van der Waals surface area contributed by atoms with E-state index in [4.69, 9.17) is 9.57 Å². The Morgan fingerprint density at radius 1 is 1.15 bits per heavy atom. The van der Waals surface area contributed by atoms with Crippen LogP contribution in [0.3, 0.4) is 0 Å². The first-order valence-electron chi connectivity index (χ1n) is 11.3. The second kappa shape index (κ2) is 9.29. The van der Waals surface area contributed by atoms with Gasteiger partial charge in [0.15, 0.2) is 5.84 Å². The highest BCUT2D eigenvalue weighted by Crippen LogP contribution is 2.35.